The summed E-state index contributed by atoms with van der Waals surface area (Å²) < 4.78 is 35.3. The van der Waals surface area contributed by atoms with Gasteiger partial charge in [0.15, 0.2) is 0 Å². The van der Waals surface area contributed by atoms with Gasteiger partial charge < -0.3 is 4.74 Å². The number of nitrogens with one attached hydrogen (secondary N) is 1. The molecule has 0 radical (unpaired) electrons. The van der Waals surface area contributed by atoms with E-state index in [2.05, 4.69) is 14.8 Å². The van der Waals surface area contributed by atoms with Crippen LogP contribution in [0, 0.1) is 0 Å². The third-order valence-electron chi connectivity index (χ3n) is 6.84. The molecule has 0 spiro atoms. The van der Waals surface area contributed by atoms with Crippen LogP contribution in [0.5, 0.6) is 0 Å². The number of aromatic nitrogens is 2. The fraction of sp³-hybridized carbons (Fsp3) is 0.121. The largest absolute Gasteiger partial charge is 0.465 e. The fourth-order valence-corrected chi connectivity index (χ4v) is 6.81. The number of esters is 1. The molecule has 0 bridgehead atoms. The maximum absolute atomic E-state index is 13.4. The molecule has 0 unspecified atom stereocenters. The number of amides is 2. The van der Waals surface area contributed by atoms with E-state index < -0.39 is 27.8 Å². The van der Waals surface area contributed by atoms with Gasteiger partial charge in [0.25, 0.3) is 21.8 Å². The third-order valence-corrected chi connectivity index (χ3v) is 9.65. The number of carbonyl (C=O) groups is 3. The molecule has 13 heteroatoms. The Balaban J connectivity index is 1.41. The lowest BCUT2D eigenvalue weighted by molar-refractivity contribution is 0.0596. The summed E-state index contributed by atoms with van der Waals surface area (Å²) in [5, 5.41) is 5.72. The molecule has 0 aliphatic rings. The first-order valence-electron chi connectivity index (χ1n) is 13.9. The number of ether oxygens (including phenoxy) is 1. The summed E-state index contributed by atoms with van der Waals surface area (Å²) >= 11 is 7.51. The molecule has 46 heavy (non-hydrogen) atoms. The van der Waals surface area contributed by atoms with Crippen LogP contribution in [0.3, 0.4) is 0 Å². The smallest absolute Gasteiger partial charge is 0.338 e. The van der Waals surface area contributed by atoms with Crippen LogP contribution in [0.25, 0.3) is 11.1 Å². The Morgan fingerprint density at radius 2 is 1.52 bits per heavy atom. The number of benzene rings is 4. The quantitative estimate of drug-likeness (QED) is 0.203. The number of halogens is 1. The molecule has 5 aromatic rings. The Labute approximate surface area is 274 Å². The monoisotopic (exact) mass is 674 g/mol. The lowest BCUT2D eigenvalue weighted by Crippen LogP contribution is -2.32. The summed E-state index contributed by atoms with van der Waals surface area (Å²) in [6.45, 7) is 2.27. The van der Waals surface area contributed by atoms with Gasteiger partial charge in [-0.25, -0.2) is 22.6 Å². The van der Waals surface area contributed by atoms with Crippen LogP contribution < -0.4 is 9.52 Å². The predicted molar refractivity (Wildman–Crippen MR) is 174 cm³/mol. The minimum atomic E-state index is -4.36. The molecule has 5 rings (SSSR count). The molecular weight excluding hydrogens is 648 g/mol. The van der Waals surface area contributed by atoms with Gasteiger partial charge in [-0.3, -0.25) is 9.59 Å². The summed E-state index contributed by atoms with van der Waals surface area (Å²) in [5.74, 6) is -2.20. The van der Waals surface area contributed by atoms with Gasteiger partial charge in [0.2, 0.25) is 4.80 Å². The first-order valence-corrected chi connectivity index (χ1v) is 16.6. The van der Waals surface area contributed by atoms with E-state index >= 15 is 0 Å². The highest BCUT2D eigenvalue weighted by Crippen LogP contribution is 2.28. The minimum Gasteiger partial charge on any atom is -0.465 e. The SMILES string of the molecule is CCc1nn(Cc2ccc(-c3ccccc3S(=O)(=O)NC(=O)c3ccccc3C(=O)OC)cc2)c(=NC(=O)c2ccccc2Cl)s1. The van der Waals surface area contributed by atoms with Gasteiger partial charge in [0.1, 0.15) is 5.01 Å². The maximum Gasteiger partial charge on any atom is 0.338 e. The van der Waals surface area contributed by atoms with Gasteiger partial charge in [0.05, 0.1) is 40.3 Å². The second-order valence-electron chi connectivity index (χ2n) is 9.85. The highest BCUT2D eigenvalue weighted by Gasteiger charge is 2.25. The number of hydrogen-bond donors (Lipinski definition) is 1. The van der Waals surface area contributed by atoms with E-state index in [-0.39, 0.29) is 16.0 Å². The molecule has 0 aliphatic heterocycles. The summed E-state index contributed by atoms with van der Waals surface area (Å²) in [6.07, 6.45) is 0.662. The molecule has 0 fully saturated rings. The van der Waals surface area contributed by atoms with Crippen molar-refractivity contribution < 1.29 is 27.5 Å². The van der Waals surface area contributed by atoms with Crippen molar-refractivity contribution in [2.75, 3.05) is 7.11 Å². The normalized spacial score (nSPS) is 11.7. The average molecular weight is 675 g/mol. The molecule has 0 saturated heterocycles. The van der Waals surface area contributed by atoms with Gasteiger partial charge in [-0.05, 0) is 47.9 Å². The fourth-order valence-electron chi connectivity index (χ4n) is 4.57. The second kappa shape index (κ2) is 14.0. The first kappa shape index (κ1) is 32.5. The van der Waals surface area contributed by atoms with Gasteiger partial charge in [-0.15, -0.1) is 0 Å². The van der Waals surface area contributed by atoms with Gasteiger partial charge in [-0.1, -0.05) is 96.6 Å². The van der Waals surface area contributed by atoms with Crippen LogP contribution in [0.4, 0.5) is 0 Å². The molecule has 0 atom stereocenters. The van der Waals surface area contributed by atoms with Gasteiger partial charge in [0, 0.05) is 5.56 Å². The zero-order chi connectivity index (χ0) is 32.8. The van der Waals surface area contributed by atoms with Crippen LogP contribution in [-0.2, 0) is 27.7 Å². The number of rotatable bonds is 9. The molecular formula is C33H27ClN4O6S2. The van der Waals surface area contributed by atoms with E-state index in [0.29, 0.717) is 39.5 Å². The average Bonchev–Trinajstić information content (AvgIpc) is 3.45. The van der Waals surface area contributed by atoms with Gasteiger partial charge >= 0.3 is 5.97 Å². The van der Waals surface area contributed by atoms with Crippen LogP contribution in [0.1, 0.15) is 48.6 Å². The van der Waals surface area contributed by atoms with Crippen LogP contribution in [0.2, 0.25) is 5.02 Å². The third kappa shape index (κ3) is 7.15. The second-order valence-corrected chi connectivity index (χ2v) is 12.9. The number of hydrogen-bond acceptors (Lipinski definition) is 8. The van der Waals surface area contributed by atoms with Crippen molar-refractivity contribution in [3.05, 3.63) is 134 Å². The molecule has 0 saturated carbocycles. The van der Waals surface area contributed by atoms with E-state index in [0.717, 1.165) is 10.6 Å². The lowest BCUT2D eigenvalue weighted by Gasteiger charge is -2.13. The topological polar surface area (TPSA) is 137 Å². The Hall–Kier alpha value is -4.91. The zero-order valence-electron chi connectivity index (χ0n) is 24.6. The summed E-state index contributed by atoms with van der Waals surface area (Å²) in [4.78, 5) is 42.6. The molecule has 4 aromatic carbocycles. The number of sulfonamides is 1. The zero-order valence-corrected chi connectivity index (χ0v) is 27.0. The van der Waals surface area contributed by atoms with Crippen molar-refractivity contribution in [3.63, 3.8) is 0 Å². The van der Waals surface area contributed by atoms with E-state index in [1.54, 1.807) is 65.3 Å². The number of nitrogens with zero attached hydrogens (tertiary/aromatic N) is 3. The van der Waals surface area contributed by atoms with E-state index in [9.17, 15) is 22.8 Å². The van der Waals surface area contributed by atoms with Crippen LogP contribution in [0.15, 0.2) is 107 Å². The first-order chi connectivity index (χ1) is 22.1. The van der Waals surface area contributed by atoms with Crippen molar-refractivity contribution in [1.29, 1.82) is 0 Å². The van der Waals surface area contributed by atoms with Crippen LogP contribution in [-0.4, -0.2) is 43.1 Å². The van der Waals surface area contributed by atoms with Crippen molar-refractivity contribution in [2.45, 2.75) is 24.8 Å². The minimum absolute atomic E-state index is 0.0604. The Morgan fingerprint density at radius 1 is 0.891 bits per heavy atom. The molecule has 1 N–H and O–H groups in total. The molecule has 2 amide bonds. The molecule has 0 aliphatic carbocycles. The highest BCUT2D eigenvalue weighted by atomic mass is 35.5. The summed E-state index contributed by atoms with van der Waals surface area (Å²) in [7, 11) is -3.18. The van der Waals surface area contributed by atoms with E-state index in [1.165, 1.54) is 42.7 Å². The number of methoxy groups -OCH3 is 1. The van der Waals surface area contributed by atoms with Crippen molar-refractivity contribution in [3.8, 4) is 11.1 Å². The Morgan fingerprint density at radius 3 is 2.20 bits per heavy atom. The summed E-state index contributed by atoms with van der Waals surface area (Å²) in [5.41, 5.74) is 1.88. The van der Waals surface area contributed by atoms with E-state index in [4.69, 9.17) is 16.3 Å². The maximum atomic E-state index is 13.4. The Kier molecular flexibility index (Phi) is 9.90. The van der Waals surface area contributed by atoms with E-state index in [1.807, 2.05) is 19.1 Å². The number of carbonyl (C=O) groups excluding carboxylic acids is 3. The lowest BCUT2D eigenvalue weighted by atomic mass is 10.0. The van der Waals surface area contributed by atoms with Crippen molar-refractivity contribution in [1.82, 2.24) is 14.5 Å². The molecule has 1 heterocycles. The molecule has 10 nitrogen and oxygen atoms in total. The molecule has 234 valence electrons. The highest BCUT2D eigenvalue weighted by molar-refractivity contribution is 7.90. The predicted octanol–water partition coefficient (Wildman–Crippen LogP) is 5.52. The number of aryl methyl sites for hydroxylation is 1. The van der Waals surface area contributed by atoms with Crippen molar-refractivity contribution >= 4 is 50.7 Å². The van der Waals surface area contributed by atoms with Crippen molar-refractivity contribution in [2.24, 2.45) is 4.99 Å². The summed E-state index contributed by atoms with van der Waals surface area (Å²) in [6, 6.07) is 25.9. The standard InChI is InChI=1S/C33H27ClN4O6S2/c1-3-29-36-38(33(45-29)35-30(39)26-13-6-8-14-27(26)34)20-21-16-18-22(19-17-21)23-10-7-9-15-28(23)46(42,43)37-31(40)24-11-4-5-12-25(24)32(41)44-2/h4-19H,3,20H2,1-2H3,(H,37,40). The van der Waals surface area contributed by atoms with Crippen LogP contribution >= 0.6 is 22.9 Å². The molecule has 1 aromatic heterocycles. The van der Waals surface area contributed by atoms with Gasteiger partial charge in [-0.2, -0.15) is 10.1 Å². The Bertz CT molecular complexity index is 2120.